The molecule has 0 spiro atoms. The minimum absolute atomic E-state index is 0.0397. The van der Waals surface area contributed by atoms with E-state index in [9.17, 15) is 9.59 Å². The number of nitrogens with zero attached hydrogens (tertiary/aromatic N) is 1. The minimum Gasteiger partial charge on any atom is -0.447 e. The van der Waals surface area contributed by atoms with Crippen molar-refractivity contribution in [3.05, 3.63) is 71.8 Å². The molecule has 1 saturated heterocycles. The van der Waals surface area contributed by atoms with Gasteiger partial charge in [0.05, 0.1) is 25.2 Å². The monoisotopic (exact) mass is 356 g/mol. The zero-order valence-electron chi connectivity index (χ0n) is 17.3. The maximum atomic E-state index is 13.0. The molecule has 0 bridgehead atoms. The fraction of sp³-hybridized carbons (Fsp3) is 0.333. The molecule has 3 rings (SSSR count). The van der Waals surface area contributed by atoms with E-state index in [2.05, 4.69) is 0 Å². The highest BCUT2D eigenvalue weighted by Gasteiger charge is 2.39. The van der Waals surface area contributed by atoms with Gasteiger partial charge in [-0.3, -0.25) is 4.79 Å². The van der Waals surface area contributed by atoms with Crippen LogP contribution in [0.2, 0.25) is 0 Å². The van der Waals surface area contributed by atoms with Crippen LogP contribution >= 0.6 is 0 Å². The first-order valence-electron chi connectivity index (χ1n) is 10.0. The quantitative estimate of drug-likeness (QED) is 0.763. The van der Waals surface area contributed by atoms with Gasteiger partial charge in [0.1, 0.15) is 6.61 Å². The highest BCUT2D eigenvalue weighted by atomic mass is 16.6. The van der Waals surface area contributed by atoms with Crippen molar-refractivity contribution in [3.63, 3.8) is 0 Å². The van der Waals surface area contributed by atoms with Crippen molar-refractivity contribution in [2.45, 2.75) is 25.9 Å². The van der Waals surface area contributed by atoms with Crippen LogP contribution in [0.25, 0.3) is 0 Å². The number of imide groups is 1. The minimum atomic E-state index is -2.60. The van der Waals surface area contributed by atoms with Crippen LogP contribution in [-0.2, 0) is 27.3 Å². The molecular weight excluding hydrogens is 330 g/mol. The van der Waals surface area contributed by atoms with Crippen molar-refractivity contribution in [2.75, 3.05) is 13.2 Å². The molecule has 0 aromatic heterocycles. The predicted molar refractivity (Wildman–Crippen MR) is 97.4 cm³/mol. The smallest absolute Gasteiger partial charge is 0.416 e. The highest BCUT2D eigenvalue weighted by Crippen LogP contribution is 2.20. The molecule has 26 heavy (non-hydrogen) atoms. The van der Waals surface area contributed by atoms with Gasteiger partial charge in [0.15, 0.2) is 0 Å². The number of cyclic esters (lactones) is 1. The standard InChI is InChI=1S/C21H23NO4/c1-16(13-25-14-18-10-6-3-7-11-18)20(23)22-19(15-26-21(22)24)12-17-8-4-2-5-9-17/h2-11,16,19H,12-15H2,1H3/t16-,19+/m0/s1/i1D3. The lowest BCUT2D eigenvalue weighted by Crippen LogP contribution is -2.44. The van der Waals surface area contributed by atoms with E-state index in [4.69, 9.17) is 13.6 Å². The predicted octanol–water partition coefficient (Wildman–Crippen LogP) is 3.43. The first kappa shape index (κ1) is 14.5. The Hall–Kier alpha value is -2.66. The van der Waals surface area contributed by atoms with Crippen LogP contribution in [0.1, 0.15) is 22.1 Å². The van der Waals surface area contributed by atoms with E-state index in [0.29, 0.717) is 6.42 Å². The summed E-state index contributed by atoms with van der Waals surface area (Å²) in [5, 5.41) is 0. The summed E-state index contributed by atoms with van der Waals surface area (Å²) in [6, 6.07) is 18.1. The molecule has 1 aliphatic rings. The van der Waals surface area contributed by atoms with Crippen LogP contribution < -0.4 is 0 Å². The molecule has 0 aliphatic carbocycles. The summed E-state index contributed by atoms with van der Waals surface area (Å²) in [5.41, 5.74) is 1.80. The third-order valence-electron chi connectivity index (χ3n) is 4.21. The molecule has 0 saturated carbocycles. The van der Waals surface area contributed by atoms with E-state index in [0.717, 1.165) is 16.0 Å². The molecule has 5 heteroatoms. The number of ether oxygens (including phenoxy) is 2. The molecule has 0 radical (unpaired) electrons. The van der Waals surface area contributed by atoms with Gasteiger partial charge in [-0.1, -0.05) is 67.5 Å². The van der Waals surface area contributed by atoms with E-state index < -0.39 is 30.8 Å². The fourth-order valence-corrected chi connectivity index (χ4v) is 2.87. The van der Waals surface area contributed by atoms with Crippen molar-refractivity contribution < 1.29 is 23.2 Å². The van der Waals surface area contributed by atoms with Crippen LogP contribution in [0, 0.1) is 5.92 Å². The van der Waals surface area contributed by atoms with Crippen molar-refractivity contribution in [3.8, 4) is 0 Å². The van der Waals surface area contributed by atoms with Gasteiger partial charge in [0.25, 0.3) is 0 Å². The molecule has 5 nitrogen and oxygen atoms in total. The summed E-state index contributed by atoms with van der Waals surface area (Å²) < 4.78 is 33.9. The maximum absolute atomic E-state index is 13.0. The van der Waals surface area contributed by atoms with Crippen molar-refractivity contribution in [1.29, 1.82) is 0 Å². The largest absolute Gasteiger partial charge is 0.447 e. The number of carbonyl (C=O) groups excluding carboxylic acids is 2. The molecule has 2 aromatic carbocycles. The van der Waals surface area contributed by atoms with Crippen LogP contribution in [0.3, 0.4) is 0 Å². The van der Waals surface area contributed by atoms with E-state index in [1.807, 2.05) is 60.7 Å². The van der Waals surface area contributed by atoms with Crippen molar-refractivity contribution in [2.24, 2.45) is 5.92 Å². The Morgan fingerprint density at radius 2 is 1.85 bits per heavy atom. The number of hydrogen-bond acceptors (Lipinski definition) is 4. The van der Waals surface area contributed by atoms with E-state index in [1.54, 1.807) is 0 Å². The molecule has 0 N–H and O–H groups in total. The zero-order valence-corrected chi connectivity index (χ0v) is 14.3. The molecule has 2 atom stereocenters. The average molecular weight is 356 g/mol. The molecular formula is C21H23NO4. The SMILES string of the molecule is [2H]C([2H])([2H])[C@@H](COCc1ccccc1)C(=O)N1C(=O)OC[C@H]1Cc1ccccc1. The first-order valence-corrected chi connectivity index (χ1v) is 8.51. The second-order valence-electron chi connectivity index (χ2n) is 6.18. The first-order chi connectivity index (χ1) is 13.9. The number of rotatable bonds is 7. The van der Waals surface area contributed by atoms with Gasteiger partial charge in [-0.25, -0.2) is 9.69 Å². The average Bonchev–Trinajstić information content (AvgIpc) is 3.05. The zero-order chi connectivity index (χ0) is 20.9. The summed E-state index contributed by atoms with van der Waals surface area (Å²) in [6.45, 7) is -2.70. The number of hydrogen-bond donors (Lipinski definition) is 0. The summed E-state index contributed by atoms with van der Waals surface area (Å²) in [4.78, 5) is 26.2. The molecule has 1 fully saturated rings. The van der Waals surface area contributed by atoms with E-state index in [-0.39, 0.29) is 19.8 Å². The second-order valence-corrected chi connectivity index (χ2v) is 6.18. The molecule has 2 amide bonds. The van der Waals surface area contributed by atoms with Crippen LogP contribution in [0.15, 0.2) is 60.7 Å². The van der Waals surface area contributed by atoms with Gasteiger partial charge in [-0.05, 0) is 17.5 Å². The number of benzene rings is 2. The summed E-state index contributed by atoms with van der Waals surface area (Å²) in [7, 11) is 0. The second kappa shape index (κ2) is 8.63. The lowest BCUT2D eigenvalue weighted by Gasteiger charge is -2.23. The van der Waals surface area contributed by atoms with Gasteiger partial charge in [0, 0.05) is 4.11 Å². The highest BCUT2D eigenvalue weighted by molar-refractivity contribution is 5.94. The Kier molecular flexibility index (Phi) is 4.81. The summed E-state index contributed by atoms with van der Waals surface area (Å²) >= 11 is 0. The Labute approximate surface area is 157 Å². The molecule has 1 heterocycles. The van der Waals surface area contributed by atoms with Gasteiger partial charge >= 0.3 is 6.09 Å². The lowest BCUT2D eigenvalue weighted by molar-refractivity contribution is -0.135. The Bertz CT molecular complexity index is 827. The summed E-state index contributed by atoms with van der Waals surface area (Å²) in [5.74, 6) is -2.24. The molecule has 0 unspecified atom stereocenters. The van der Waals surface area contributed by atoms with E-state index in [1.165, 1.54) is 0 Å². The van der Waals surface area contributed by atoms with Gasteiger partial charge in [-0.15, -0.1) is 0 Å². The van der Waals surface area contributed by atoms with Crippen LogP contribution in [0.4, 0.5) is 4.79 Å². The molecule has 2 aromatic rings. The molecule has 136 valence electrons. The Morgan fingerprint density at radius 3 is 2.50 bits per heavy atom. The molecule has 1 aliphatic heterocycles. The van der Waals surface area contributed by atoms with E-state index >= 15 is 0 Å². The Morgan fingerprint density at radius 1 is 1.19 bits per heavy atom. The normalized spacial score (nSPS) is 20.0. The van der Waals surface area contributed by atoms with Gasteiger partial charge in [-0.2, -0.15) is 0 Å². The number of amides is 2. The number of carbonyl (C=O) groups is 2. The summed E-state index contributed by atoms with van der Waals surface area (Å²) in [6.07, 6.45) is -0.412. The maximum Gasteiger partial charge on any atom is 0.416 e. The lowest BCUT2D eigenvalue weighted by atomic mass is 10.0. The third kappa shape index (κ3) is 4.49. The third-order valence-corrected chi connectivity index (χ3v) is 4.21. The van der Waals surface area contributed by atoms with Crippen molar-refractivity contribution >= 4 is 12.0 Å². The fourth-order valence-electron chi connectivity index (χ4n) is 2.87. The van der Waals surface area contributed by atoms with Gasteiger partial charge in [0.2, 0.25) is 5.91 Å². The topological polar surface area (TPSA) is 55.8 Å². The Balaban J connectivity index is 1.70. The van der Waals surface area contributed by atoms with Gasteiger partial charge < -0.3 is 9.47 Å². The van der Waals surface area contributed by atoms with Crippen LogP contribution in [-0.4, -0.2) is 36.2 Å². The van der Waals surface area contributed by atoms with Crippen LogP contribution in [0.5, 0.6) is 0 Å². The van der Waals surface area contributed by atoms with Crippen molar-refractivity contribution in [1.82, 2.24) is 4.90 Å².